The smallest absolute Gasteiger partial charge is 0.0343 e. The Balaban J connectivity index is 1.86. The summed E-state index contributed by atoms with van der Waals surface area (Å²) in [5, 5.41) is 3.51. The summed E-state index contributed by atoms with van der Waals surface area (Å²) in [5.41, 5.74) is 4.09. The van der Waals surface area contributed by atoms with Gasteiger partial charge in [-0.3, -0.25) is 4.98 Å². The molecule has 2 heterocycles. The minimum Gasteiger partial charge on any atom is -0.316 e. The highest BCUT2D eigenvalue weighted by Crippen LogP contribution is 2.36. The van der Waals surface area contributed by atoms with Gasteiger partial charge in [0.15, 0.2) is 0 Å². The minimum absolute atomic E-state index is 0.744. The molecule has 1 saturated heterocycles. The van der Waals surface area contributed by atoms with Gasteiger partial charge in [-0.2, -0.15) is 0 Å². The highest BCUT2D eigenvalue weighted by molar-refractivity contribution is 5.66. The topological polar surface area (TPSA) is 24.9 Å². The molecular formula is C15H20N2. The zero-order valence-corrected chi connectivity index (χ0v) is 10.4. The molecule has 2 nitrogen and oxygen atoms in total. The molecule has 1 aliphatic heterocycles. The number of rotatable bonds is 1. The lowest BCUT2D eigenvalue weighted by molar-refractivity contribution is 0.279. The van der Waals surface area contributed by atoms with Gasteiger partial charge in [-0.1, -0.05) is 6.08 Å². The second-order valence-electron chi connectivity index (χ2n) is 5.40. The van der Waals surface area contributed by atoms with Gasteiger partial charge in [-0.15, -0.1) is 0 Å². The van der Waals surface area contributed by atoms with Gasteiger partial charge in [0.1, 0.15) is 0 Å². The van der Waals surface area contributed by atoms with Crippen LogP contribution in [0.1, 0.15) is 30.4 Å². The number of nitrogens with zero attached hydrogens (tertiary/aromatic N) is 1. The Morgan fingerprint density at radius 2 is 2.24 bits per heavy atom. The van der Waals surface area contributed by atoms with Crippen LogP contribution in [0.2, 0.25) is 0 Å². The third-order valence-corrected chi connectivity index (χ3v) is 4.12. The van der Waals surface area contributed by atoms with Crippen LogP contribution in [0.5, 0.6) is 0 Å². The van der Waals surface area contributed by atoms with E-state index in [1.165, 1.54) is 42.5 Å². The molecule has 0 radical (unpaired) electrons. The van der Waals surface area contributed by atoms with Crippen molar-refractivity contribution in [2.75, 3.05) is 13.1 Å². The third kappa shape index (κ3) is 2.27. The van der Waals surface area contributed by atoms with Crippen LogP contribution >= 0.6 is 0 Å². The summed E-state index contributed by atoms with van der Waals surface area (Å²) in [7, 11) is 0. The predicted octanol–water partition coefficient (Wildman–Crippen LogP) is 2.79. The van der Waals surface area contributed by atoms with E-state index in [0.717, 1.165) is 18.4 Å². The van der Waals surface area contributed by atoms with Gasteiger partial charge in [-0.05, 0) is 67.3 Å². The van der Waals surface area contributed by atoms with Crippen molar-refractivity contribution in [1.29, 1.82) is 0 Å². The normalized spacial score (nSPS) is 28.4. The largest absolute Gasteiger partial charge is 0.316 e. The second-order valence-corrected chi connectivity index (χ2v) is 5.40. The van der Waals surface area contributed by atoms with Gasteiger partial charge < -0.3 is 5.32 Å². The number of aromatic nitrogens is 1. The van der Waals surface area contributed by atoms with Gasteiger partial charge in [-0.25, -0.2) is 0 Å². The number of allylic oxidation sites excluding steroid dienone is 1. The first kappa shape index (κ1) is 11.0. The summed E-state index contributed by atoms with van der Waals surface area (Å²) in [4.78, 5) is 4.31. The number of piperidine rings is 1. The van der Waals surface area contributed by atoms with Crippen molar-refractivity contribution in [1.82, 2.24) is 10.3 Å². The summed E-state index contributed by atoms with van der Waals surface area (Å²) in [5.74, 6) is 1.66. The molecule has 3 rings (SSSR count). The lowest BCUT2D eigenvalue weighted by Gasteiger charge is -2.34. The second kappa shape index (κ2) is 4.61. The summed E-state index contributed by atoms with van der Waals surface area (Å²) >= 11 is 0. The fourth-order valence-corrected chi connectivity index (χ4v) is 3.14. The van der Waals surface area contributed by atoms with Crippen molar-refractivity contribution in [3.8, 4) is 0 Å². The first-order chi connectivity index (χ1) is 8.33. The van der Waals surface area contributed by atoms with Crippen molar-refractivity contribution in [2.45, 2.75) is 26.2 Å². The Morgan fingerprint density at radius 3 is 3.12 bits per heavy atom. The van der Waals surface area contributed by atoms with Gasteiger partial charge >= 0.3 is 0 Å². The first-order valence-corrected chi connectivity index (χ1v) is 6.66. The zero-order valence-electron chi connectivity index (χ0n) is 10.4. The molecule has 1 aromatic rings. The van der Waals surface area contributed by atoms with E-state index in [4.69, 9.17) is 0 Å². The van der Waals surface area contributed by atoms with Crippen LogP contribution in [-0.2, 0) is 0 Å². The van der Waals surface area contributed by atoms with Crippen molar-refractivity contribution >= 4 is 5.57 Å². The number of fused-ring (bicyclic) bond motifs is 1. The minimum atomic E-state index is 0.744. The van der Waals surface area contributed by atoms with E-state index in [-0.39, 0.29) is 0 Å². The van der Waals surface area contributed by atoms with E-state index >= 15 is 0 Å². The van der Waals surface area contributed by atoms with Crippen LogP contribution in [0, 0.1) is 18.8 Å². The van der Waals surface area contributed by atoms with Crippen molar-refractivity contribution in [3.63, 3.8) is 0 Å². The Kier molecular flexibility index (Phi) is 2.98. The zero-order chi connectivity index (χ0) is 11.7. The van der Waals surface area contributed by atoms with E-state index in [2.05, 4.69) is 29.4 Å². The molecule has 1 N–H and O–H groups in total. The molecule has 0 saturated carbocycles. The van der Waals surface area contributed by atoms with Crippen LogP contribution in [0.4, 0.5) is 0 Å². The van der Waals surface area contributed by atoms with Crippen molar-refractivity contribution in [2.24, 2.45) is 11.8 Å². The summed E-state index contributed by atoms with van der Waals surface area (Å²) in [6.45, 7) is 4.48. The summed E-state index contributed by atoms with van der Waals surface area (Å²) < 4.78 is 0. The SMILES string of the molecule is Cc1cncc(C2=C[C@H]3CNCC[C@H]3CC2)c1. The maximum Gasteiger partial charge on any atom is 0.0343 e. The van der Waals surface area contributed by atoms with E-state index in [1.54, 1.807) is 0 Å². The Labute approximate surface area is 103 Å². The van der Waals surface area contributed by atoms with Crippen LogP contribution in [0.15, 0.2) is 24.5 Å². The van der Waals surface area contributed by atoms with Crippen LogP contribution < -0.4 is 5.32 Å². The van der Waals surface area contributed by atoms with Crippen molar-refractivity contribution in [3.05, 3.63) is 35.7 Å². The molecule has 1 aliphatic carbocycles. The van der Waals surface area contributed by atoms with E-state index in [1.807, 2.05) is 12.4 Å². The molecule has 1 aromatic heterocycles. The average molecular weight is 228 g/mol. The molecule has 2 atom stereocenters. The van der Waals surface area contributed by atoms with Crippen LogP contribution in [0.3, 0.4) is 0 Å². The fourth-order valence-electron chi connectivity index (χ4n) is 3.14. The quantitative estimate of drug-likeness (QED) is 0.799. The number of pyridine rings is 1. The number of hydrogen-bond acceptors (Lipinski definition) is 2. The van der Waals surface area contributed by atoms with Gasteiger partial charge in [0.05, 0.1) is 0 Å². The maximum atomic E-state index is 4.31. The van der Waals surface area contributed by atoms with E-state index in [0.29, 0.717) is 0 Å². The molecule has 2 heteroatoms. The van der Waals surface area contributed by atoms with E-state index < -0.39 is 0 Å². The summed E-state index contributed by atoms with van der Waals surface area (Å²) in [6.07, 6.45) is 10.4. The molecule has 0 aromatic carbocycles. The van der Waals surface area contributed by atoms with Crippen LogP contribution in [-0.4, -0.2) is 18.1 Å². The standard InChI is InChI=1S/C15H20N2/c1-11-6-14(10-17-8-11)13-3-2-12-4-5-16-9-15(12)7-13/h6-8,10,12,15-16H,2-5,9H2,1H3/t12-,15+/m1/s1. The predicted molar refractivity (Wildman–Crippen MR) is 70.7 cm³/mol. The number of aryl methyl sites for hydroxylation is 1. The lowest BCUT2D eigenvalue weighted by atomic mass is 9.76. The fraction of sp³-hybridized carbons (Fsp3) is 0.533. The molecule has 0 bridgehead atoms. The number of hydrogen-bond donors (Lipinski definition) is 1. The lowest BCUT2D eigenvalue weighted by Crippen LogP contribution is -2.37. The Morgan fingerprint density at radius 1 is 1.29 bits per heavy atom. The van der Waals surface area contributed by atoms with Gasteiger partial charge in [0.2, 0.25) is 0 Å². The molecule has 0 unspecified atom stereocenters. The molecule has 90 valence electrons. The first-order valence-electron chi connectivity index (χ1n) is 6.66. The number of nitrogens with one attached hydrogen (secondary N) is 1. The highest BCUT2D eigenvalue weighted by Gasteiger charge is 2.27. The third-order valence-electron chi connectivity index (χ3n) is 4.12. The molecule has 0 spiro atoms. The molecular weight excluding hydrogens is 208 g/mol. The molecule has 0 amide bonds. The molecule has 17 heavy (non-hydrogen) atoms. The monoisotopic (exact) mass is 228 g/mol. The summed E-state index contributed by atoms with van der Waals surface area (Å²) in [6, 6.07) is 2.26. The Hall–Kier alpha value is -1.15. The van der Waals surface area contributed by atoms with Gasteiger partial charge in [0.25, 0.3) is 0 Å². The average Bonchev–Trinajstić information content (AvgIpc) is 2.38. The molecule has 1 fully saturated rings. The van der Waals surface area contributed by atoms with E-state index in [9.17, 15) is 0 Å². The Bertz CT molecular complexity index is 436. The maximum absolute atomic E-state index is 4.31. The highest BCUT2D eigenvalue weighted by atomic mass is 14.9. The van der Waals surface area contributed by atoms with Crippen LogP contribution in [0.25, 0.3) is 5.57 Å². The van der Waals surface area contributed by atoms with Crippen molar-refractivity contribution < 1.29 is 0 Å². The molecule has 2 aliphatic rings. The van der Waals surface area contributed by atoms with Gasteiger partial charge in [0, 0.05) is 18.9 Å².